The number of rotatable bonds is 5. The van der Waals surface area contributed by atoms with Gasteiger partial charge in [-0.15, -0.1) is 0 Å². The second-order valence-electron chi connectivity index (χ2n) is 4.54. The predicted octanol–water partition coefficient (Wildman–Crippen LogP) is 3.96. The van der Waals surface area contributed by atoms with E-state index in [-0.39, 0.29) is 5.91 Å². The van der Waals surface area contributed by atoms with E-state index in [1.165, 1.54) is 0 Å². The summed E-state index contributed by atoms with van der Waals surface area (Å²) in [7, 11) is 0. The minimum Gasteiger partial charge on any atom is -0.487 e. The number of hydrogen-bond donors (Lipinski definition) is 2. The van der Waals surface area contributed by atoms with Gasteiger partial charge in [0.15, 0.2) is 0 Å². The van der Waals surface area contributed by atoms with Crippen molar-refractivity contribution in [1.82, 2.24) is 0 Å². The zero-order valence-corrected chi connectivity index (χ0v) is 13.3. The summed E-state index contributed by atoms with van der Waals surface area (Å²) in [6.07, 6.45) is 0.383. The van der Waals surface area contributed by atoms with E-state index in [9.17, 15) is 4.79 Å². The van der Waals surface area contributed by atoms with E-state index in [1.807, 2.05) is 30.3 Å². The van der Waals surface area contributed by atoms with Crippen molar-refractivity contribution in [2.45, 2.75) is 20.0 Å². The van der Waals surface area contributed by atoms with E-state index >= 15 is 0 Å². The minimum atomic E-state index is -0.103. The van der Waals surface area contributed by atoms with Gasteiger partial charge in [-0.1, -0.05) is 53.2 Å². The fourth-order valence-corrected chi connectivity index (χ4v) is 2.27. The second kappa shape index (κ2) is 7.13. The van der Waals surface area contributed by atoms with Crippen LogP contribution in [0.1, 0.15) is 18.9 Å². The molecular weight excluding hydrogens is 332 g/mol. The van der Waals surface area contributed by atoms with Crippen molar-refractivity contribution in [3.05, 3.63) is 52.5 Å². The van der Waals surface area contributed by atoms with Crippen LogP contribution in [-0.4, -0.2) is 5.91 Å². The van der Waals surface area contributed by atoms with E-state index < -0.39 is 0 Å². The Kier molecular flexibility index (Phi) is 5.22. The molecule has 4 nitrogen and oxygen atoms in total. The average Bonchev–Trinajstić information content (AvgIpc) is 2.49. The fraction of sp³-hybridized carbons (Fsp3) is 0.188. The summed E-state index contributed by atoms with van der Waals surface area (Å²) in [6.45, 7) is 2.20. The van der Waals surface area contributed by atoms with Crippen LogP contribution in [-0.2, 0) is 11.4 Å². The quantitative estimate of drug-likeness (QED) is 0.803. The smallest absolute Gasteiger partial charge is 0.224 e. The van der Waals surface area contributed by atoms with Crippen LogP contribution < -0.4 is 15.8 Å². The minimum absolute atomic E-state index is 0.103. The molecule has 0 aliphatic rings. The largest absolute Gasteiger partial charge is 0.487 e. The lowest BCUT2D eigenvalue weighted by molar-refractivity contribution is -0.115. The van der Waals surface area contributed by atoms with E-state index in [1.54, 1.807) is 19.1 Å². The maximum absolute atomic E-state index is 11.6. The summed E-state index contributed by atoms with van der Waals surface area (Å²) in [5.74, 6) is 0.445. The van der Waals surface area contributed by atoms with Crippen LogP contribution in [0, 0.1) is 0 Å². The van der Waals surface area contributed by atoms with Crippen molar-refractivity contribution < 1.29 is 9.53 Å². The molecule has 0 fully saturated rings. The number of halogens is 1. The fourth-order valence-electron chi connectivity index (χ4n) is 1.81. The lowest BCUT2D eigenvalue weighted by Gasteiger charge is -2.15. The molecule has 0 heterocycles. The van der Waals surface area contributed by atoms with Gasteiger partial charge in [0.2, 0.25) is 5.91 Å². The van der Waals surface area contributed by atoms with Gasteiger partial charge in [0, 0.05) is 10.9 Å². The average molecular weight is 349 g/mol. The van der Waals surface area contributed by atoms with Crippen molar-refractivity contribution in [3.63, 3.8) is 0 Å². The monoisotopic (exact) mass is 348 g/mol. The molecule has 2 aromatic carbocycles. The maximum atomic E-state index is 11.6. The van der Waals surface area contributed by atoms with Gasteiger partial charge in [0.1, 0.15) is 18.0 Å². The molecule has 0 spiro atoms. The number of anilines is 2. The Morgan fingerprint density at radius 1 is 1.29 bits per heavy atom. The normalized spacial score (nSPS) is 10.2. The summed E-state index contributed by atoms with van der Waals surface area (Å²) < 4.78 is 6.61. The first kappa shape index (κ1) is 15.4. The molecule has 0 saturated carbocycles. The summed E-state index contributed by atoms with van der Waals surface area (Å²) in [4.78, 5) is 11.6. The number of nitrogen functional groups attached to an aromatic ring is 1. The summed E-state index contributed by atoms with van der Waals surface area (Å²) in [5.41, 5.74) is 8.00. The Labute approximate surface area is 132 Å². The Bertz CT molecular complexity index is 630. The lowest BCUT2D eigenvalue weighted by atomic mass is 10.2. The molecule has 21 heavy (non-hydrogen) atoms. The number of carbonyl (C=O) groups is 1. The van der Waals surface area contributed by atoms with Gasteiger partial charge in [-0.25, -0.2) is 0 Å². The molecular formula is C16H17BrN2O2. The summed E-state index contributed by atoms with van der Waals surface area (Å²) >= 11 is 3.38. The molecule has 0 atom stereocenters. The molecule has 0 unspecified atom stereocenters. The van der Waals surface area contributed by atoms with Gasteiger partial charge in [-0.05, 0) is 17.7 Å². The van der Waals surface area contributed by atoms with Gasteiger partial charge in [-0.3, -0.25) is 4.79 Å². The first-order valence-electron chi connectivity index (χ1n) is 6.65. The Hall–Kier alpha value is -2.01. The highest BCUT2D eigenvalue weighted by Gasteiger charge is 2.12. The standard InChI is InChI=1S/C16H17BrN2O2/c1-2-15(20)19-16-13(18)8-12(17)9-14(16)21-10-11-6-4-3-5-7-11/h3-9H,2,10,18H2,1H3,(H,19,20). The van der Waals surface area contributed by atoms with E-state index in [0.29, 0.717) is 30.2 Å². The summed E-state index contributed by atoms with van der Waals surface area (Å²) in [5, 5.41) is 2.78. The highest BCUT2D eigenvalue weighted by atomic mass is 79.9. The molecule has 0 bridgehead atoms. The number of nitrogens with one attached hydrogen (secondary N) is 1. The van der Waals surface area contributed by atoms with Crippen molar-refractivity contribution in [3.8, 4) is 5.75 Å². The third-order valence-electron chi connectivity index (χ3n) is 2.92. The zero-order chi connectivity index (χ0) is 15.2. The molecule has 5 heteroatoms. The Balaban J connectivity index is 2.22. The first-order chi connectivity index (χ1) is 10.1. The molecule has 110 valence electrons. The van der Waals surface area contributed by atoms with Gasteiger partial charge in [-0.2, -0.15) is 0 Å². The molecule has 0 aromatic heterocycles. The SMILES string of the molecule is CCC(=O)Nc1c(N)cc(Br)cc1OCc1ccccc1. The number of amides is 1. The van der Waals surface area contributed by atoms with Crippen molar-refractivity contribution in [1.29, 1.82) is 0 Å². The van der Waals surface area contributed by atoms with Crippen molar-refractivity contribution >= 4 is 33.2 Å². The van der Waals surface area contributed by atoms with Crippen molar-refractivity contribution in [2.75, 3.05) is 11.1 Å². The Morgan fingerprint density at radius 2 is 2.00 bits per heavy atom. The molecule has 0 aliphatic heterocycles. The molecule has 2 aromatic rings. The van der Waals surface area contributed by atoms with E-state index in [0.717, 1.165) is 10.0 Å². The molecule has 1 amide bonds. The van der Waals surface area contributed by atoms with E-state index in [4.69, 9.17) is 10.5 Å². The predicted molar refractivity (Wildman–Crippen MR) is 88.2 cm³/mol. The number of nitrogens with two attached hydrogens (primary N) is 1. The van der Waals surface area contributed by atoms with Gasteiger partial charge < -0.3 is 15.8 Å². The van der Waals surface area contributed by atoms with Crippen LogP contribution in [0.15, 0.2) is 46.9 Å². The summed E-state index contributed by atoms with van der Waals surface area (Å²) in [6, 6.07) is 13.3. The van der Waals surface area contributed by atoms with Crippen LogP contribution in [0.4, 0.5) is 11.4 Å². The van der Waals surface area contributed by atoms with E-state index in [2.05, 4.69) is 21.2 Å². The molecule has 0 radical (unpaired) electrons. The van der Waals surface area contributed by atoms with Crippen LogP contribution in [0.25, 0.3) is 0 Å². The highest BCUT2D eigenvalue weighted by molar-refractivity contribution is 9.10. The van der Waals surface area contributed by atoms with Gasteiger partial charge in [0.25, 0.3) is 0 Å². The molecule has 2 rings (SSSR count). The van der Waals surface area contributed by atoms with Crippen molar-refractivity contribution in [2.24, 2.45) is 0 Å². The topological polar surface area (TPSA) is 64.4 Å². The lowest BCUT2D eigenvalue weighted by Crippen LogP contribution is -2.12. The van der Waals surface area contributed by atoms with Gasteiger partial charge in [0.05, 0.1) is 5.69 Å². The second-order valence-corrected chi connectivity index (χ2v) is 5.46. The molecule has 0 aliphatic carbocycles. The number of benzene rings is 2. The molecule has 0 saturated heterocycles. The van der Waals surface area contributed by atoms with Crippen LogP contribution in [0.3, 0.4) is 0 Å². The van der Waals surface area contributed by atoms with Crippen LogP contribution in [0.5, 0.6) is 5.75 Å². The highest BCUT2D eigenvalue weighted by Crippen LogP contribution is 2.35. The third-order valence-corrected chi connectivity index (χ3v) is 3.38. The molecule has 3 N–H and O–H groups in total. The Morgan fingerprint density at radius 3 is 2.67 bits per heavy atom. The number of ether oxygens (including phenoxy) is 1. The zero-order valence-electron chi connectivity index (χ0n) is 11.7. The first-order valence-corrected chi connectivity index (χ1v) is 7.45. The van der Waals surface area contributed by atoms with Gasteiger partial charge >= 0.3 is 0 Å². The van der Waals surface area contributed by atoms with Crippen LogP contribution >= 0.6 is 15.9 Å². The maximum Gasteiger partial charge on any atom is 0.224 e. The third kappa shape index (κ3) is 4.23. The number of carbonyl (C=O) groups excluding carboxylic acids is 1. The van der Waals surface area contributed by atoms with Crippen LogP contribution in [0.2, 0.25) is 0 Å². The number of hydrogen-bond acceptors (Lipinski definition) is 3.